The molecule has 388 valence electrons. The van der Waals surface area contributed by atoms with Crippen molar-refractivity contribution in [2.24, 2.45) is 0 Å². The van der Waals surface area contributed by atoms with Gasteiger partial charge < -0.3 is 4.74 Å². The zero-order chi connectivity index (χ0) is 59.7. The second-order valence-electron chi connectivity index (χ2n) is 24.3. The summed E-state index contributed by atoms with van der Waals surface area (Å²) in [5, 5.41) is 2.20. The van der Waals surface area contributed by atoms with Crippen molar-refractivity contribution < 1.29 is 17.5 Å². The monoisotopic (exact) mass is 1030 g/mol. The van der Waals surface area contributed by atoms with E-state index in [0.717, 1.165) is 88.9 Å². The van der Waals surface area contributed by atoms with Crippen LogP contribution in [0, 0.1) is 20.0 Å². The van der Waals surface area contributed by atoms with Gasteiger partial charge in [0.05, 0.1) is 33.4 Å². The van der Waals surface area contributed by atoms with E-state index in [4.69, 9.17) is 17.9 Å². The second-order valence-corrected chi connectivity index (χ2v) is 24.3. The van der Waals surface area contributed by atoms with Gasteiger partial charge in [-0.3, -0.25) is 13.7 Å². The van der Waals surface area contributed by atoms with Crippen LogP contribution in [0.25, 0.3) is 106 Å². The second kappa shape index (κ2) is 18.4. The van der Waals surface area contributed by atoms with Crippen LogP contribution in [-0.2, 0) is 16.2 Å². The Labute approximate surface area is 473 Å². The predicted molar refractivity (Wildman–Crippen MR) is 329 cm³/mol. The van der Waals surface area contributed by atoms with Crippen LogP contribution in [0.2, 0.25) is 0 Å². The van der Waals surface area contributed by atoms with Gasteiger partial charge in [0.2, 0.25) is 0 Å². The molecule has 4 heterocycles. The Hall–Kier alpha value is -8.80. The van der Waals surface area contributed by atoms with Gasteiger partial charge in [0.1, 0.15) is 17.3 Å². The standard InChI is InChI=1S/C74H66N4O/c1-46-20-16-21-47(2)69(46)63-29-18-27-62-64-40-48(49-38-51(73(6,7)8)41-52(39-49)74(9,10)11)32-34-58(64)56-24-12-13-25-57(56)61-28-19-31-66-71(61)77(70(62)63)45-76(66)53-22-17-23-54(43-53)79-55-33-35-60-59-26-14-15-30-65(59)78(67(60)44-55)68-42-50(36-37-75-68)72(3,4)5/h12-44H,1-11H3/i1D3,2D3. The average Bonchev–Trinajstić information content (AvgIpc) is 1.80. The molecular formula is C74H66N4O. The molecule has 0 spiro atoms. The van der Waals surface area contributed by atoms with Crippen molar-refractivity contribution in [1.29, 1.82) is 0 Å². The quantitative estimate of drug-likeness (QED) is 0.123. The number of aromatic nitrogens is 4. The minimum Gasteiger partial charge on any atom is -0.458 e. The molecule has 0 aliphatic carbocycles. The number of rotatable bonds is 6. The van der Waals surface area contributed by atoms with Crippen molar-refractivity contribution in [2.45, 2.75) is 92.3 Å². The molecule has 5 nitrogen and oxygen atoms in total. The third kappa shape index (κ3) is 8.55. The molecule has 0 saturated carbocycles. The average molecular weight is 1030 g/mol. The van der Waals surface area contributed by atoms with Crippen molar-refractivity contribution in [2.75, 3.05) is 0 Å². The highest BCUT2D eigenvalue weighted by Crippen LogP contribution is 2.48. The number of para-hydroxylation sites is 3. The lowest BCUT2D eigenvalue weighted by Crippen LogP contribution is -2.32. The molecule has 3 aromatic heterocycles. The molecule has 0 amide bonds. The van der Waals surface area contributed by atoms with Crippen LogP contribution in [-0.4, -0.2) is 14.1 Å². The van der Waals surface area contributed by atoms with Crippen molar-refractivity contribution in [3.8, 4) is 84.3 Å². The summed E-state index contributed by atoms with van der Waals surface area (Å²) in [5.41, 5.74) is 16.3. The first-order chi connectivity index (χ1) is 40.3. The highest BCUT2D eigenvalue weighted by molar-refractivity contribution is 6.09. The Kier molecular flexibility index (Phi) is 10.1. The SMILES string of the molecule is [2H]C([2H])([2H])c1cccc(C([2H])([2H])[2H])c1-c1cccc2c1-[n+]1[c-]n(-c3cccc(Oc4ccc5c6ccccc6n(-c6cc(C(C)(C)C)ccn6)c5c4)c3)c3cccc(c31)-c1ccccc1-c1ccc(-c3cc(C(C)(C)C)cc(C(C)(C)C)c3)cc1-2. The van der Waals surface area contributed by atoms with E-state index in [-0.39, 0.29) is 32.9 Å². The summed E-state index contributed by atoms with van der Waals surface area (Å²) in [5.74, 6) is 2.07. The number of hydrogen-bond donors (Lipinski definition) is 0. The molecule has 79 heavy (non-hydrogen) atoms. The molecule has 0 atom stereocenters. The summed E-state index contributed by atoms with van der Waals surface area (Å²) in [6, 6.07) is 65.6. The Morgan fingerprint density at radius 1 is 0.456 bits per heavy atom. The van der Waals surface area contributed by atoms with Crippen LogP contribution >= 0.6 is 0 Å². The molecule has 0 bridgehead atoms. The van der Waals surface area contributed by atoms with Gasteiger partial charge in [0, 0.05) is 31.3 Å². The molecule has 1 aliphatic rings. The molecular weight excluding hydrogens is 961 g/mol. The number of pyridine rings is 1. The fraction of sp³-hybridized carbons (Fsp3) is 0.189. The number of hydrogen-bond acceptors (Lipinski definition) is 2. The minimum absolute atomic E-state index is 0.0528. The fourth-order valence-electron chi connectivity index (χ4n) is 11.7. The smallest absolute Gasteiger partial charge is 0.269 e. The van der Waals surface area contributed by atoms with E-state index in [2.05, 4.69) is 207 Å². The molecule has 1 aliphatic heterocycles. The molecule has 5 heteroatoms. The zero-order valence-corrected chi connectivity index (χ0v) is 46.2. The van der Waals surface area contributed by atoms with E-state index in [1.807, 2.05) is 57.8 Å². The molecule has 0 fully saturated rings. The van der Waals surface area contributed by atoms with Crippen molar-refractivity contribution >= 4 is 32.8 Å². The highest BCUT2D eigenvalue weighted by Gasteiger charge is 2.29. The van der Waals surface area contributed by atoms with E-state index in [1.165, 1.54) is 28.8 Å². The summed E-state index contributed by atoms with van der Waals surface area (Å²) >= 11 is 0. The molecule has 13 rings (SSSR count). The first-order valence-corrected chi connectivity index (χ1v) is 27.3. The number of fused-ring (bicyclic) bond motifs is 10. The first-order valence-electron chi connectivity index (χ1n) is 30.3. The van der Waals surface area contributed by atoms with Crippen LogP contribution in [0.3, 0.4) is 0 Å². The third-order valence-electron chi connectivity index (χ3n) is 15.9. The van der Waals surface area contributed by atoms with Crippen LogP contribution in [0.1, 0.15) is 98.4 Å². The Morgan fingerprint density at radius 2 is 1.06 bits per heavy atom. The van der Waals surface area contributed by atoms with Gasteiger partial charge >= 0.3 is 0 Å². The van der Waals surface area contributed by atoms with E-state index in [0.29, 0.717) is 22.7 Å². The lowest BCUT2D eigenvalue weighted by atomic mass is 9.78. The molecule has 0 N–H and O–H groups in total. The molecule has 12 aromatic rings. The maximum absolute atomic E-state index is 8.97. The Bertz CT molecular complexity index is 4610. The highest BCUT2D eigenvalue weighted by atomic mass is 16.5. The molecule has 0 unspecified atom stereocenters. The number of imidazole rings is 1. The van der Waals surface area contributed by atoms with Gasteiger partial charge in [-0.2, -0.15) is 0 Å². The van der Waals surface area contributed by atoms with Crippen LogP contribution in [0.5, 0.6) is 11.5 Å². The minimum atomic E-state index is -2.68. The number of nitrogens with zero attached hydrogens (tertiary/aromatic N) is 4. The normalized spacial score (nSPS) is 13.9. The molecule has 9 aromatic carbocycles. The molecule has 0 saturated heterocycles. The van der Waals surface area contributed by atoms with Crippen molar-refractivity contribution in [1.82, 2.24) is 14.1 Å². The third-order valence-corrected chi connectivity index (χ3v) is 15.9. The summed E-state index contributed by atoms with van der Waals surface area (Å²) < 4.78 is 67.0. The first kappa shape index (κ1) is 43.2. The summed E-state index contributed by atoms with van der Waals surface area (Å²) in [6.45, 7) is 14.8. The van der Waals surface area contributed by atoms with E-state index < -0.39 is 13.7 Å². The predicted octanol–water partition coefficient (Wildman–Crippen LogP) is 19.1. The van der Waals surface area contributed by atoms with Crippen LogP contribution in [0.4, 0.5) is 0 Å². The number of ether oxygens (including phenoxy) is 1. The fourth-order valence-corrected chi connectivity index (χ4v) is 11.7. The van der Waals surface area contributed by atoms with Gasteiger partial charge in [-0.15, -0.1) is 0 Å². The lowest BCUT2D eigenvalue weighted by molar-refractivity contribution is -0.570. The van der Waals surface area contributed by atoms with Crippen molar-refractivity contribution in [3.05, 3.63) is 234 Å². The number of benzene rings is 9. The van der Waals surface area contributed by atoms with Gasteiger partial charge in [-0.25, -0.2) is 4.98 Å². The Balaban J connectivity index is 1.06. The van der Waals surface area contributed by atoms with Gasteiger partial charge in [-0.05, 0) is 168 Å². The maximum atomic E-state index is 8.97. The van der Waals surface area contributed by atoms with Crippen molar-refractivity contribution in [3.63, 3.8) is 0 Å². The van der Waals surface area contributed by atoms with E-state index >= 15 is 0 Å². The maximum Gasteiger partial charge on any atom is 0.269 e. The summed E-state index contributed by atoms with van der Waals surface area (Å²) in [7, 11) is 0. The molecule has 0 radical (unpaired) electrons. The summed E-state index contributed by atoms with van der Waals surface area (Å²) in [6.07, 6.45) is 5.72. The Morgan fingerprint density at radius 3 is 1.81 bits per heavy atom. The van der Waals surface area contributed by atoms with Crippen LogP contribution < -0.4 is 9.30 Å². The van der Waals surface area contributed by atoms with E-state index in [1.54, 1.807) is 6.07 Å². The van der Waals surface area contributed by atoms with Crippen LogP contribution in [0.15, 0.2) is 200 Å². The van der Waals surface area contributed by atoms with E-state index in [9.17, 15) is 0 Å². The number of aryl methyl sites for hydroxylation is 2. The lowest BCUT2D eigenvalue weighted by Gasteiger charge is -2.26. The van der Waals surface area contributed by atoms with Gasteiger partial charge in [-0.1, -0.05) is 196 Å². The largest absolute Gasteiger partial charge is 0.458 e. The van der Waals surface area contributed by atoms with Gasteiger partial charge in [0.15, 0.2) is 0 Å². The zero-order valence-electron chi connectivity index (χ0n) is 52.2. The van der Waals surface area contributed by atoms with Gasteiger partial charge in [0.25, 0.3) is 6.33 Å². The summed E-state index contributed by atoms with van der Waals surface area (Å²) in [4.78, 5) is 4.91. The topological polar surface area (TPSA) is 35.9 Å².